The Labute approximate surface area is 83.2 Å². The van der Waals surface area contributed by atoms with Gasteiger partial charge in [0.1, 0.15) is 5.69 Å². The van der Waals surface area contributed by atoms with Crippen LogP contribution in [0.2, 0.25) is 0 Å². The summed E-state index contributed by atoms with van der Waals surface area (Å²) in [4.78, 5) is 11.5. The molecule has 2 heterocycles. The molecule has 72 valence electrons. The van der Waals surface area contributed by atoms with E-state index < -0.39 is 0 Å². The Kier molecular flexibility index (Phi) is 2.31. The zero-order valence-corrected chi connectivity index (χ0v) is 8.36. The number of H-pyrrole nitrogens is 1. The minimum absolute atomic E-state index is 0.520. The van der Waals surface area contributed by atoms with E-state index in [4.69, 9.17) is 0 Å². The van der Waals surface area contributed by atoms with Gasteiger partial charge >= 0.3 is 0 Å². The van der Waals surface area contributed by atoms with Crippen molar-refractivity contribution in [1.29, 1.82) is 0 Å². The molecule has 3 heteroatoms. The molecule has 2 aromatic heterocycles. The molecule has 0 aliphatic carbocycles. The van der Waals surface area contributed by atoms with E-state index in [9.17, 15) is 0 Å². The smallest absolute Gasteiger partial charge is 0.155 e. The van der Waals surface area contributed by atoms with Crippen molar-refractivity contribution in [3.05, 3.63) is 36.3 Å². The maximum atomic E-state index is 4.27. The molecule has 0 aromatic carbocycles. The van der Waals surface area contributed by atoms with Gasteiger partial charge in [0.05, 0.1) is 0 Å². The first-order valence-corrected chi connectivity index (χ1v) is 4.73. The molecule has 3 nitrogen and oxygen atoms in total. The first-order valence-electron chi connectivity index (χ1n) is 4.73. The number of pyridine rings is 1. The van der Waals surface area contributed by atoms with Crippen molar-refractivity contribution in [3.63, 3.8) is 0 Å². The highest BCUT2D eigenvalue weighted by Gasteiger charge is 2.04. The molecule has 0 bridgehead atoms. The normalized spacial score (nSPS) is 10.8. The van der Waals surface area contributed by atoms with Crippen LogP contribution in [0.3, 0.4) is 0 Å². The number of nitrogens with one attached hydrogen (secondary N) is 1. The van der Waals surface area contributed by atoms with Gasteiger partial charge in [-0.1, -0.05) is 13.8 Å². The molecule has 2 aromatic rings. The summed E-state index contributed by atoms with van der Waals surface area (Å²) in [6.45, 7) is 4.34. The molecular formula is C11H13N3. The lowest BCUT2D eigenvalue weighted by Gasteiger charge is -2.05. The molecule has 0 saturated heterocycles. The molecule has 0 spiro atoms. The maximum Gasteiger partial charge on any atom is 0.155 e. The van der Waals surface area contributed by atoms with Crippen molar-refractivity contribution in [2.75, 3.05) is 0 Å². The standard InChI is InChI=1S/C11H13N3/c1-8(2)9-3-4-12-10(7-9)11-13-5-6-14-11/h3-8H,1-2H3,(H,13,14). The van der Waals surface area contributed by atoms with Crippen LogP contribution >= 0.6 is 0 Å². The minimum atomic E-state index is 0.520. The molecule has 2 rings (SSSR count). The fourth-order valence-electron chi connectivity index (χ4n) is 1.34. The fraction of sp³-hybridized carbons (Fsp3) is 0.273. The number of aromatic amines is 1. The molecule has 0 unspecified atom stereocenters. The molecule has 0 fully saturated rings. The zero-order chi connectivity index (χ0) is 9.97. The van der Waals surface area contributed by atoms with Crippen LogP contribution < -0.4 is 0 Å². The summed E-state index contributed by atoms with van der Waals surface area (Å²) in [5, 5.41) is 0. The molecule has 14 heavy (non-hydrogen) atoms. The van der Waals surface area contributed by atoms with Crippen LogP contribution in [-0.2, 0) is 0 Å². The minimum Gasteiger partial charge on any atom is -0.343 e. The first-order chi connectivity index (χ1) is 6.77. The van der Waals surface area contributed by atoms with Gasteiger partial charge in [-0.05, 0) is 23.6 Å². The second-order valence-electron chi connectivity index (χ2n) is 3.57. The Balaban J connectivity index is 2.41. The summed E-state index contributed by atoms with van der Waals surface area (Å²) in [5.74, 6) is 1.35. The summed E-state index contributed by atoms with van der Waals surface area (Å²) in [6, 6.07) is 4.11. The van der Waals surface area contributed by atoms with Gasteiger partial charge in [-0.15, -0.1) is 0 Å². The van der Waals surface area contributed by atoms with Crippen LogP contribution in [0, 0.1) is 0 Å². The molecular weight excluding hydrogens is 174 g/mol. The van der Waals surface area contributed by atoms with Gasteiger partial charge in [-0.3, -0.25) is 4.98 Å². The van der Waals surface area contributed by atoms with Crippen LogP contribution in [0.5, 0.6) is 0 Å². The average molecular weight is 187 g/mol. The van der Waals surface area contributed by atoms with E-state index in [1.54, 1.807) is 12.4 Å². The molecule has 0 radical (unpaired) electrons. The number of nitrogens with zero attached hydrogens (tertiary/aromatic N) is 2. The van der Waals surface area contributed by atoms with Crippen LogP contribution in [0.25, 0.3) is 11.5 Å². The van der Waals surface area contributed by atoms with Crippen LogP contribution in [-0.4, -0.2) is 15.0 Å². The summed E-state index contributed by atoms with van der Waals surface area (Å²) in [6.07, 6.45) is 5.37. The van der Waals surface area contributed by atoms with Gasteiger partial charge < -0.3 is 4.98 Å². The van der Waals surface area contributed by atoms with E-state index in [2.05, 4.69) is 34.9 Å². The SMILES string of the molecule is CC(C)c1ccnc(-c2ncc[nH]2)c1. The summed E-state index contributed by atoms with van der Waals surface area (Å²) >= 11 is 0. The maximum absolute atomic E-state index is 4.27. The van der Waals surface area contributed by atoms with E-state index in [1.807, 2.05) is 12.3 Å². The van der Waals surface area contributed by atoms with Gasteiger partial charge in [0.2, 0.25) is 0 Å². The molecule has 0 amide bonds. The van der Waals surface area contributed by atoms with Crippen molar-refractivity contribution in [2.45, 2.75) is 19.8 Å². The quantitative estimate of drug-likeness (QED) is 0.785. The highest BCUT2D eigenvalue weighted by Crippen LogP contribution is 2.18. The topological polar surface area (TPSA) is 41.6 Å². The molecule has 1 N–H and O–H groups in total. The average Bonchev–Trinajstić information content (AvgIpc) is 2.71. The lowest BCUT2D eigenvalue weighted by molar-refractivity contribution is 0.863. The van der Waals surface area contributed by atoms with Crippen molar-refractivity contribution >= 4 is 0 Å². The van der Waals surface area contributed by atoms with E-state index in [1.165, 1.54) is 5.56 Å². The third-order valence-corrected chi connectivity index (χ3v) is 2.19. The number of hydrogen-bond acceptors (Lipinski definition) is 2. The van der Waals surface area contributed by atoms with Gasteiger partial charge in [-0.25, -0.2) is 4.98 Å². The summed E-state index contributed by atoms with van der Waals surface area (Å²) < 4.78 is 0. The van der Waals surface area contributed by atoms with Gasteiger partial charge in [0.25, 0.3) is 0 Å². The number of rotatable bonds is 2. The summed E-state index contributed by atoms with van der Waals surface area (Å²) in [7, 11) is 0. The van der Waals surface area contributed by atoms with Crippen LogP contribution in [0.4, 0.5) is 0 Å². The third-order valence-electron chi connectivity index (χ3n) is 2.19. The number of aromatic nitrogens is 3. The Morgan fingerprint density at radius 3 is 2.71 bits per heavy atom. The predicted molar refractivity (Wildman–Crippen MR) is 55.9 cm³/mol. The molecule has 0 saturated carbocycles. The molecule has 0 aliphatic heterocycles. The Hall–Kier alpha value is -1.64. The number of hydrogen-bond donors (Lipinski definition) is 1. The molecule has 0 aliphatic rings. The van der Waals surface area contributed by atoms with E-state index >= 15 is 0 Å². The Bertz CT molecular complexity index is 404. The van der Waals surface area contributed by atoms with Crippen molar-refractivity contribution < 1.29 is 0 Å². The van der Waals surface area contributed by atoms with E-state index in [-0.39, 0.29) is 0 Å². The van der Waals surface area contributed by atoms with Crippen LogP contribution in [0.1, 0.15) is 25.3 Å². The monoisotopic (exact) mass is 187 g/mol. The third kappa shape index (κ3) is 1.66. The Morgan fingerprint density at radius 2 is 2.07 bits per heavy atom. The predicted octanol–water partition coefficient (Wildman–Crippen LogP) is 2.60. The highest BCUT2D eigenvalue weighted by molar-refractivity contribution is 5.50. The van der Waals surface area contributed by atoms with Gasteiger partial charge in [0.15, 0.2) is 5.82 Å². The Morgan fingerprint density at radius 1 is 1.21 bits per heavy atom. The van der Waals surface area contributed by atoms with Gasteiger partial charge in [-0.2, -0.15) is 0 Å². The van der Waals surface area contributed by atoms with Crippen molar-refractivity contribution in [3.8, 4) is 11.5 Å². The lowest BCUT2D eigenvalue weighted by Crippen LogP contribution is -1.91. The van der Waals surface area contributed by atoms with Crippen molar-refractivity contribution in [1.82, 2.24) is 15.0 Å². The van der Waals surface area contributed by atoms with E-state index in [0.717, 1.165) is 11.5 Å². The second kappa shape index (κ2) is 3.62. The first kappa shape index (κ1) is 8.94. The van der Waals surface area contributed by atoms with Gasteiger partial charge in [0, 0.05) is 18.6 Å². The number of imidazole rings is 1. The zero-order valence-electron chi connectivity index (χ0n) is 8.36. The highest BCUT2D eigenvalue weighted by atomic mass is 14.9. The summed E-state index contributed by atoms with van der Waals surface area (Å²) in [5.41, 5.74) is 2.19. The van der Waals surface area contributed by atoms with E-state index in [0.29, 0.717) is 5.92 Å². The van der Waals surface area contributed by atoms with Crippen molar-refractivity contribution in [2.24, 2.45) is 0 Å². The van der Waals surface area contributed by atoms with Crippen LogP contribution in [0.15, 0.2) is 30.7 Å². The lowest BCUT2D eigenvalue weighted by atomic mass is 10.0. The second-order valence-corrected chi connectivity index (χ2v) is 3.57. The fourth-order valence-corrected chi connectivity index (χ4v) is 1.34. The largest absolute Gasteiger partial charge is 0.343 e. The molecule has 0 atom stereocenters.